The number of rotatable bonds is 6. The molecule has 2 aromatic rings. The first kappa shape index (κ1) is 14.3. The van der Waals surface area contributed by atoms with Gasteiger partial charge in [-0.2, -0.15) is 5.10 Å². The van der Waals surface area contributed by atoms with E-state index in [4.69, 9.17) is 5.84 Å². The monoisotopic (exact) mass is 284 g/mol. The van der Waals surface area contributed by atoms with Gasteiger partial charge in [0.2, 0.25) is 0 Å². The van der Waals surface area contributed by atoms with Gasteiger partial charge in [-0.25, -0.2) is 0 Å². The molecular weight excluding hydrogens is 260 g/mol. The molecule has 1 aromatic heterocycles. The molecule has 1 aliphatic carbocycles. The highest BCUT2D eigenvalue weighted by Crippen LogP contribution is 2.47. The van der Waals surface area contributed by atoms with Gasteiger partial charge >= 0.3 is 0 Å². The molecule has 1 fully saturated rings. The predicted octanol–water partition coefficient (Wildman–Crippen LogP) is 2.40. The molecule has 1 aliphatic rings. The third kappa shape index (κ3) is 2.61. The highest BCUT2D eigenvalue weighted by Gasteiger charge is 2.45. The van der Waals surface area contributed by atoms with Crippen LogP contribution in [-0.2, 0) is 18.4 Å². The van der Waals surface area contributed by atoms with Gasteiger partial charge in [-0.1, -0.05) is 36.8 Å². The van der Waals surface area contributed by atoms with Gasteiger partial charge in [-0.15, -0.1) is 0 Å². The fraction of sp³-hybridized carbons (Fsp3) is 0.471. The second kappa shape index (κ2) is 6.00. The lowest BCUT2D eigenvalue weighted by Crippen LogP contribution is -2.56. The Labute approximate surface area is 126 Å². The van der Waals surface area contributed by atoms with Crippen molar-refractivity contribution < 1.29 is 0 Å². The van der Waals surface area contributed by atoms with Crippen LogP contribution in [0.25, 0.3) is 0 Å². The number of benzene rings is 1. The zero-order chi connectivity index (χ0) is 14.7. The molecule has 1 saturated carbocycles. The minimum atomic E-state index is 0.171. The summed E-state index contributed by atoms with van der Waals surface area (Å²) in [5.41, 5.74) is 5.91. The van der Waals surface area contributed by atoms with E-state index in [2.05, 4.69) is 54.0 Å². The summed E-state index contributed by atoms with van der Waals surface area (Å²) in [6.07, 6.45) is 8.70. The maximum absolute atomic E-state index is 5.92. The Balaban J connectivity index is 1.84. The van der Waals surface area contributed by atoms with Crippen LogP contribution in [0.2, 0.25) is 0 Å². The lowest BCUT2D eigenvalue weighted by molar-refractivity contribution is 0.168. The number of hydrazine groups is 1. The van der Waals surface area contributed by atoms with Crippen molar-refractivity contribution in [1.82, 2.24) is 15.2 Å². The second-order valence-corrected chi connectivity index (χ2v) is 6.00. The van der Waals surface area contributed by atoms with E-state index in [1.165, 1.54) is 30.4 Å². The van der Waals surface area contributed by atoms with E-state index in [9.17, 15) is 0 Å². The van der Waals surface area contributed by atoms with Gasteiger partial charge in [0.1, 0.15) is 0 Å². The number of nitrogens with one attached hydrogen (secondary N) is 1. The Hall–Kier alpha value is -1.65. The molecule has 0 radical (unpaired) electrons. The van der Waals surface area contributed by atoms with Crippen molar-refractivity contribution >= 4 is 0 Å². The van der Waals surface area contributed by atoms with Crippen LogP contribution in [0, 0.1) is 0 Å². The molecule has 0 bridgehead atoms. The highest BCUT2D eigenvalue weighted by molar-refractivity contribution is 5.31. The minimum Gasteiger partial charge on any atom is -0.273 e. The third-order valence-corrected chi connectivity index (χ3v) is 4.91. The zero-order valence-electron chi connectivity index (χ0n) is 12.6. The zero-order valence-corrected chi connectivity index (χ0v) is 12.6. The Bertz CT molecular complexity index is 571. The van der Waals surface area contributed by atoms with Crippen LogP contribution in [0.4, 0.5) is 0 Å². The standard InChI is InChI=1S/C17H24N4/c1-2-21-13-14(12-19-21)11-16(20-18)17(9-6-10-17)15-7-4-3-5-8-15/h3-5,7-8,12-13,16,20H,2,6,9-11,18H2,1H3. The second-order valence-electron chi connectivity index (χ2n) is 6.00. The van der Waals surface area contributed by atoms with E-state index in [1.807, 2.05) is 10.9 Å². The van der Waals surface area contributed by atoms with Gasteiger partial charge in [0.25, 0.3) is 0 Å². The number of nitrogens with zero attached hydrogens (tertiary/aromatic N) is 2. The molecule has 1 aromatic carbocycles. The Morgan fingerprint density at radius 1 is 1.33 bits per heavy atom. The van der Waals surface area contributed by atoms with E-state index in [0.717, 1.165) is 13.0 Å². The van der Waals surface area contributed by atoms with Gasteiger partial charge in [0, 0.05) is 24.2 Å². The van der Waals surface area contributed by atoms with E-state index in [0.29, 0.717) is 0 Å². The molecule has 0 saturated heterocycles. The summed E-state index contributed by atoms with van der Waals surface area (Å²) in [4.78, 5) is 0. The Kier molecular flexibility index (Phi) is 4.08. The van der Waals surface area contributed by atoms with Gasteiger partial charge in [-0.3, -0.25) is 16.0 Å². The van der Waals surface area contributed by atoms with Crippen LogP contribution < -0.4 is 11.3 Å². The maximum Gasteiger partial charge on any atom is 0.0522 e. The normalized spacial score (nSPS) is 18.2. The molecule has 0 amide bonds. The topological polar surface area (TPSA) is 55.9 Å². The van der Waals surface area contributed by atoms with Crippen LogP contribution >= 0.6 is 0 Å². The van der Waals surface area contributed by atoms with Crippen molar-refractivity contribution in [2.75, 3.05) is 0 Å². The molecule has 1 atom stereocenters. The molecule has 21 heavy (non-hydrogen) atoms. The molecule has 0 aliphatic heterocycles. The first-order valence-electron chi connectivity index (χ1n) is 7.81. The molecule has 4 heteroatoms. The van der Waals surface area contributed by atoms with E-state index in [-0.39, 0.29) is 11.5 Å². The Morgan fingerprint density at radius 3 is 2.62 bits per heavy atom. The van der Waals surface area contributed by atoms with Crippen molar-refractivity contribution in [1.29, 1.82) is 0 Å². The smallest absolute Gasteiger partial charge is 0.0522 e. The van der Waals surface area contributed by atoms with Crippen molar-refractivity contribution in [2.24, 2.45) is 5.84 Å². The van der Waals surface area contributed by atoms with Crippen molar-refractivity contribution in [3.05, 3.63) is 53.9 Å². The lowest BCUT2D eigenvalue weighted by atomic mass is 9.59. The first-order chi connectivity index (χ1) is 10.3. The summed E-state index contributed by atoms with van der Waals surface area (Å²) >= 11 is 0. The third-order valence-electron chi connectivity index (χ3n) is 4.91. The van der Waals surface area contributed by atoms with Crippen LogP contribution in [0.5, 0.6) is 0 Å². The Morgan fingerprint density at radius 2 is 2.10 bits per heavy atom. The maximum atomic E-state index is 5.92. The molecular formula is C17H24N4. The van der Waals surface area contributed by atoms with Crippen LogP contribution in [0.3, 0.4) is 0 Å². The number of hydrogen-bond acceptors (Lipinski definition) is 3. The summed E-state index contributed by atoms with van der Waals surface area (Å²) in [5, 5.41) is 4.37. The average molecular weight is 284 g/mol. The van der Waals surface area contributed by atoms with Crippen LogP contribution in [0.15, 0.2) is 42.7 Å². The van der Waals surface area contributed by atoms with Crippen molar-refractivity contribution in [3.63, 3.8) is 0 Å². The van der Waals surface area contributed by atoms with Gasteiger partial charge in [-0.05, 0) is 37.3 Å². The molecule has 3 N–H and O–H groups in total. The summed E-state index contributed by atoms with van der Waals surface area (Å²) in [6, 6.07) is 11.0. The fourth-order valence-corrected chi connectivity index (χ4v) is 3.50. The number of hydrogen-bond donors (Lipinski definition) is 2. The summed E-state index contributed by atoms with van der Waals surface area (Å²) in [6.45, 7) is 3.01. The fourth-order valence-electron chi connectivity index (χ4n) is 3.50. The number of aryl methyl sites for hydroxylation is 1. The van der Waals surface area contributed by atoms with Gasteiger partial charge < -0.3 is 0 Å². The van der Waals surface area contributed by atoms with E-state index < -0.39 is 0 Å². The van der Waals surface area contributed by atoms with Crippen LogP contribution in [-0.4, -0.2) is 15.8 Å². The lowest BCUT2D eigenvalue weighted by Gasteiger charge is -2.48. The van der Waals surface area contributed by atoms with Gasteiger partial charge in [0.05, 0.1) is 6.20 Å². The minimum absolute atomic E-state index is 0.171. The van der Waals surface area contributed by atoms with E-state index in [1.54, 1.807) is 0 Å². The molecule has 3 rings (SSSR count). The van der Waals surface area contributed by atoms with Crippen molar-refractivity contribution in [3.8, 4) is 0 Å². The largest absolute Gasteiger partial charge is 0.273 e. The van der Waals surface area contributed by atoms with E-state index >= 15 is 0 Å². The quantitative estimate of drug-likeness (QED) is 0.632. The molecule has 0 spiro atoms. The van der Waals surface area contributed by atoms with Gasteiger partial charge in [0.15, 0.2) is 0 Å². The molecule has 1 unspecified atom stereocenters. The molecule has 1 heterocycles. The first-order valence-corrected chi connectivity index (χ1v) is 7.81. The highest BCUT2D eigenvalue weighted by atomic mass is 15.3. The van der Waals surface area contributed by atoms with Crippen molar-refractivity contribution in [2.45, 2.75) is 50.6 Å². The summed E-state index contributed by atoms with van der Waals surface area (Å²) in [5.74, 6) is 5.92. The SMILES string of the molecule is CCn1cc(CC(NN)C2(c3ccccc3)CCC2)cn1. The summed E-state index contributed by atoms with van der Waals surface area (Å²) < 4.78 is 1.97. The molecule has 4 nitrogen and oxygen atoms in total. The van der Waals surface area contributed by atoms with Crippen LogP contribution in [0.1, 0.15) is 37.3 Å². The predicted molar refractivity (Wildman–Crippen MR) is 84.7 cm³/mol. The average Bonchev–Trinajstić information content (AvgIpc) is 2.94. The number of nitrogens with two attached hydrogens (primary N) is 1. The number of aromatic nitrogens is 2. The molecule has 112 valence electrons. The summed E-state index contributed by atoms with van der Waals surface area (Å²) in [7, 11) is 0.